The predicted molar refractivity (Wildman–Crippen MR) is 113 cm³/mol. The first-order valence-corrected chi connectivity index (χ1v) is 10.9. The van der Waals surface area contributed by atoms with Gasteiger partial charge in [-0.2, -0.15) is 0 Å². The van der Waals surface area contributed by atoms with Crippen molar-refractivity contribution in [3.05, 3.63) is 23.2 Å². The lowest BCUT2D eigenvalue weighted by Gasteiger charge is -2.38. The second kappa shape index (κ2) is 8.78. The SMILES string of the molecule is COc1ccc(Cl)cc1N1CCC(NC(=O)N2CCN(C3CCCC3)CC2)C1. The number of carbonyl (C=O) groups excluding carboxylic acids is 1. The summed E-state index contributed by atoms with van der Waals surface area (Å²) in [6, 6.07) is 6.66. The Labute approximate surface area is 172 Å². The van der Waals surface area contributed by atoms with E-state index >= 15 is 0 Å². The number of halogens is 1. The number of nitrogens with one attached hydrogen (secondary N) is 1. The minimum Gasteiger partial charge on any atom is -0.495 e. The van der Waals surface area contributed by atoms with Crippen LogP contribution in [0.15, 0.2) is 18.2 Å². The van der Waals surface area contributed by atoms with Gasteiger partial charge in [0.15, 0.2) is 0 Å². The number of urea groups is 1. The van der Waals surface area contributed by atoms with Gasteiger partial charge in [0.1, 0.15) is 5.75 Å². The topological polar surface area (TPSA) is 48.1 Å². The maximum absolute atomic E-state index is 12.7. The molecule has 2 saturated heterocycles. The number of carbonyl (C=O) groups is 1. The summed E-state index contributed by atoms with van der Waals surface area (Å²) in [5.74, 6) is 0.819. The number of nitrogens with zero attached hydrogens (tertiary/aromatic N) is 3. The minimum absolute atomic E-state index is 0.0796. The minimum atomic E-state index is 0.0796. The first-order chi connectivity index (χ1) is 13.6. The van der Waals surface area contributed by atoms with Crippen LogP contribution in [0, 0.1) is 0 Å². The summed E-state index contributed by atoms with van der Waals surface area (Å²) in [4.78, 5) is 19.5. The van der Waals surface area contributed by atoms with Crippen molar-refractivity contribution in [3.63, 3.8) is 0 Å². The molecule has 1 aliphatic carbocycles. The van der Waals surface area contributed by atoms with Crippen molar-refractivity contribution in [1.82, 2.24) is 15.1 Å². The van der Waals surface area contributed by atoms with Gasteiger partial charge in [0.05, 0.1) is 12.8 Å². The number of hydrogen-bond acceptors (Lipinski definition) is 4. The molecule has 0 radical (unpaired) electrons. The third kappa shape index (κ3) is 4.33. The van der Waals surface area contributed by atoms with Gasteiger partial charge in [-0.05, 0) is 37.5 Å². The Morgan fingerprint density at radius 3 is 2.57 bits per heavy atom. The molecule has 2 heterocycles. The number of methoxy groups -OCH3 is 1. The molecule has 4 rings (SSSR count). The summed E-state index contributed by atoms with van der Waals surface area (Å²) in [6.07, 6.45) is 6.32. The lowest BCUT2D eigenvalue weighted by atomic mass is 10.2. The summed E-state index contributed by atoms with van der Waals surface area (Å²) < 4.78 is 5.48. The van der Waals surface area contributed by atoms with Gasteiger partial charge in [0, 0.05) is 56.4 Å². The Kier molecular flexibility index (Phi) is 6.16. The highest BCUT2D eigenvalue weighted by atomic mass is 35.5. The van der Waals surface area contributed by atoms with Crippen LogP contribution in [0.5, 0.6) is 5.75 Å². The van der Waals surface area contributed by atoms with Crippen LogP contribution < -0.4 is 15.0 Å². The number of piperazine rings is 1. The van der Waals surface area contributed by atoms with Crippen LogP contribution in [-0.4, -0.2) is 74.3 Å². The Morgan fingerprint density at radius 2 is 1.86 bits per heavy atom. The van der Waals surface area contributed by atoms with Gasteiger partial charge in [-0.3, -0.25) is 4.90 Å². The molecule has 154 valence electrons. The van der Waals surface area contributed by atoms with E-state index in [1.54, 1.807) is 7.11 Å². The lowest BCUT2D eigenvalue weighted by molar-refractivity contribution is 0.108. The van der Waals surface area contributed by atoms with E-state index in [4.69, 9.17) is 16.3 Å². The van der Waals surface area contributed by atoms with Gasteiger partial charge in [-0.25, -0.2) is 4.79 Å². The fraction of sp³-hybridized carbons (Fsp3) is 0.667. The van der Waals surface area contributed by atoms with Crippen molar-refractivity contribution >= 4 is 23.3 Å². The molecule has 6 nitrogen and oxygen atoms in total. The first-order valence-electron chi connectivity index (χ1n) is 10.5. The van der Waals surface area contributed by atoms with E-state index in [2.05, 4.69) is 15.1 Å². The number of amides is 2. The molecule has 7 heteroatoms. The van der Waals surface area contributed by atoms with Crippen LogP contribution in [0.25, 0.3) is 0 Å². The fourth-order valence-electron chi connectivity index (χ4n) is 4.83. The normalized spacial score (nSPS) is 24.0. The number of ether oxygens (including phenoxy) is 1. The molecule has 1 atom stereocenters. The molecule has 1 aromatic carbocycles. The van der Waals surface area contributed by atoms with Crippen LogP contribution >= 0.6 is 11.6 Å². The van der Waals surface area contributed by atoms with Crippen LogP contribution in [0.1, 0.15) is 32.1 Å². The van der Waals surface area contributed by atoms with Crippen molar-refractivity contribution in [1.29, 1.82) is 0 Å². The summed E-state index contributed by atoms with van der Waals surface area (Å²) in [5, 5.41) is 3.94. The fourth-order valence-corrected chi connectivity index (χ4v) is 5.00. The third-order valence-electron chi connectivity index (χ3n) is 6.44. The van der Waals surface area contributed by atoms with Gasteiger partial charge in [-0.1, -0.05) is 24.4 Å². The second-order valence-electron chi connectivity index (χ2n) is 8.16. The van der Waals surface area contributed by atoms with E-state index in [0.29, 0.717) is 5.02 Å². The predicted octanol–water partition coefficient (Wildman–Crippen LogP) is 3.20. The number of rotatable bonds is 4. The van der Waals surface area contributed by atoms with Crippen LogP contribution in [-0.2, 0) is 0 Å². The van der Waals surface area contributed by atoms with Gasteiger partial charge in [-0.15, -0.1) is 0 Å². The largest absolute Gasteiger partial charge is 0.495 e. The zero-order chi connectivity index (χ0) is 19.5. The Balaban J connectivity index is 1.27. The van der Waals surface area contributed by atoms with E-state index in [9.17, 15) is 4.79 Å². The van der Waals surface area contributed by atoms with Gasteiger partial charge in [0.25, 0.3) is 0 Å². The molecular formula is C21H31ClN4O2. The third-order valence-corrected chi connectivity index (χ3v) is 6.68. The maximum atomic E-state index is 12.7. The monoisotopic (exact) mass is 406 g/mol. The molecule has 28 heavy (non-hydrogen) atoms. The molecular weight excluding hydrogens is 376 g/mol. The molecule has 3 aliphatic rings. The summed E-state index contributed by atoms with van der Waals surface area (Å²) in [7, 11) is 1.67. The molecule has 1 aromatic rings. The molecule has 2 amide bonds. The van der Waals surface area contributed by atoms with Crippen LogP contribution in [0.2, 0.25) is 5.02 Å². The van der Waals surface area contributed by atoms with Crippen LogP contribution in [0.4, 0.5) is 10.5 Å². The first kappa shape index (κ1) is 19.6. The average molecular weight is 407 g/mol. The Hall–Kier alpha value is -1.66. The zero-order valence-corrected chi connectivity index (χ0v) is 17.5. The highest BCUT2D eigenvalue weighted by Crippen LogP contribution is 2.33. The summed E-state index contributed by atoms with van der Waals surface area (Å²) in [5.41, 5.74) is 0.997. The number of hydrogen-bond donors (Lipinski definition) is 1. The number of anilines is 1. The standard InChI is InChI=1S/C21H31ClN4O2/c1-28-20-7-6-16(22)14-19(20)26-9-8-17(15-26)23-21(27)25-12-10-24(11-13-25)18-4-2-3-5-18/h6-7,14,17-18H,2-5,8-13,15H2,1H3,(H,23,27). The average Bonchev–Trinajstić information content (AvgIpc) is 3.40. The van der Waals surface area contributed by atoms with E-state index < -0.39 is 0 Å². The van der Waals surface area contributed by atoms with Crippen molar-refractivity contribution < 1.29 is 9.53 Å². The number of benzene rings is 1. The summed E-state index contributed by atoms with van der Waals surface area (Å²) in [6.45, 7) is 5.35. The van der Waals surface area contributed by atoms with Crippen molar-refractivity contribution in [3.8, 4) is 5.75 Å². The Morgan fingerprint density at radius 1 is 1.11 bits per heavy atom. The molecule has 0 spiro atoms. The van der Waals surface area contributed by atoms with E-state index in [1.165, 1.54) is 25.7 Å². The van der Waals surface area contributed by atoms with Crippen molar-refractivity contribution in [2.75, 3.05) is 51.3 Å². The lowest BCUT2D eigenvalue weighted by Crippen LogP contribution is -2.55. The smallest absolute Gasteiger partial charge is 0.317 e. The maximum Gasteiger partial charge on any atom is 0.317 e. The van der Waals surface area contributed by atoms with Crippen molar-refractivity contribution in [2.45, 2.75) is 44.2 Å². The molecule has 3 fully saturated rings. The van der Waals surface area contributed by atoms with Crippen LogP contribution in [0.3, 0.4) is 0 Å². The highest BCUT2D eigenvalue weighted by molar-refractivity contribution is 6.30. The summed E-state index contributed by atoms with van der Waals surface area (Å²) >= 11 is 6.17. The van der Waals surface area contributed by atoms with Crippen molar-refractivity contribution in [2.24, 2.45) is 0 Å². The molecule has 1 N–H and O–H groups in total. The zero-order valence-electron chi connectivity index (χ0n) is 16.7. The molecule has 0 aromatic heterocycles. The van der Waals surface area contributed by atoms with Gasteiger partial charge < -0.3 is 19.9 Å². The van der Waals surface area contributed by atoms with E-state index in [-0.39, 0.29) is 12.1 Å². The highest BCUT2D eigenvalue weighted by Gasteiger charge is 2.30. The van der Waals surface area contributed by atoms with Gasteiger partial charge >= 0.3 is 6.03 Å². The molecule has 1 unspecified atom stereocenters. The van der Waals surface area contributed by atoms with Gasteiger partial charge in [0.2, 0.25) is 0 Å². The molecule has 1 saturated carbocycles. The van der Waals surface area contributed by atoms with E-state index in [1.807, 2.05) is 23.1 Å². The molecule has 2 aliphatic heterocycles. The van der Waals surface area contributed by atoms with E-state index in [0.717, 1.165) is 63.2 Å². The molecule has 0 bridgehead atoms. The quantitative estimate of drug-likeness (QED) is 0.834. The second-order valence-corrected chi connectivity index (χ2v) is 8.60. The Bertz CT molecular complexity index is 687.